The van der Waals surface area contributed by atoms with Gasteiger partial charge in [0.2, 0.25) is 0 Å². The molecule has 0 bridgehead atoms. The molecular weight excluding hydrogens is 379 g/mol. The zero-order valence-corrected chi connectivity index (χ0v) is 14.9. The maximum absolute atomic E-state index is 12.9. The first-order chi connectivity index (χ1) is 12.4. The van der Waals surface area contributed by atoms with E-state index >= 15 is 0 Å². The number of halogens is 2. The van der Waals surface area contributed by atoms with Crippen molar-refractivity contribution in [2.24, 2.45) is 0 Å². The summed E-state index contributed by atoms with van der Waals surface area (Å²) in [5, 5.41) is 11.4. The summed E-state index contributed by atoms with van der Waals surface area (Å²) in [5.74, 6) is 0.00459. The molecule has 1 aromatic heterocycles. The third-order valence-corrected chi connectivity index (χ3v) is 5.18. The molecule has 6 nitrogen and oxygen atoms in total. The van der Waals surface area contributed by atoms with Crippen molar-refractivity contribution in [1.82, 2.24) is 10.2 Å². The van der Waals surface area contributed by atoms with E-state index in [0.717, 1.165) is 17.7 Å². The van der Waals surface area contributed by atoms with Crippen LogP contribution in [0.25, 0.3) is 0 Å². The third-order valence-electron chi connectivity index (χ3n) is 3.45. The standard InChI is InChI=1S/C17H14ClFN4O2S/c18-15-4-2-1-3-12(15)11-20-16-9-10-17(22-21-16)23-26(24,25)14-7-5-13(19)6-8-14/h1-10H,11H2,(H,20,21)(H,22,23). The summed E-state index contributed by atoms with van der Waals surface area (Å²) in [4.78, 5) is -0.0679. The van der Waals surface area contributed by atoms with E-state index in [9.17, 15) is 12.8 Å². The van der Waals surface area contributed by atoms with E-state index < -0.39 is 15.8 Å². The van der Waals surface area contributed by atoms with Crippen molar-refractivity contribution < 1.29 is 12.8 Å². The second kappa shape index (κ2) is 7.67. The lowest BCUT2D eigenvalue weighted by atomic mass is 10.2. The molecule has 9 heteroatoms. The quantitative estimate of drug-likeness (QED) is 0.668. The lowest BCUT2D eigenvalue weighted by molar-refractivity contribution is 0.599. The molecule has 0 unspecified atom stereocenters. The summed E-state index contributed by atoms with van der Waals surface area (Å²) >= 11 is 6.08. The molecule has 0 amide bonds. The van der Waals surface area contributed by atoms with Crippen LogP contribution in [0.4, 0.5) is 16.0 Å². The average molecular weight is 393 g/mol. The molecule has 0 fully saturated rings. The van der Waals surface area contributed by atoms with Crippen molar-refractivity contribution in [3.63, 3.8) is 0 Å². The van der Waals surface area contributed by atoms with E-state index in [1.807, 2.05) is 18.2 Å². The van der Waals surface area contributed by atoms with E-state index in [0.29, 0.717) is 17.4 Å². The highest BCUT2D eigenvalue weighted by Crippen LogP contribution is 2.17. The van der Waals surface area contributed by atoms with Gasteiger partial charge in [0.15, 0.2) is 5.82 Å². The van der Waals surface area contributed by atoms with Gasteiger partial charge >= 0.3 is 0 Å². The fraction of sp³-hybridized carbons (Fsp3) is 0.0588. The zero-order chi connectivity index (χ0) is 18.6. The van der Waals surface area contributed by atoms with E-state index in [1.165, 1.54) is 18.2 Å². The van der Waals surface area contributed by atoms with Crippen LogP contribution >= 0.6 is 11.6 Å². The summed E-state index contributed by atoms with van der Waals surface area (Å²) in [7, 11) is -3.86. The Balaban J connectivity index is 1.66. The normalized spacial score (nSPS) is 11.2. The summed E-state index contributed by atoms with van der Waals surface area (Å²) in [6.07, 6.45) is 0. The largest absolute Gasteiger partial charge is 0.364 e. The lowest BCUT2D eigenvalue weighted by Gasteiger charge is -2.09. The van der Waals surface area contributed by atoms with Crippen LogP contribution in [0, 0.1) is 5.82 Å². The number of benzene rings is 2. The molecule has 3 rings (SSSR count). The Kier molecular flexibility index (Phi) is 5.34. The Bertz CT molecular complexity index is 996. The Morgan fingerprint density at radius 2 is 1.58 bits per heavy atom. The minimum Gasteiger partial charge on any atom is -0.364 e. The molecule has 1 heterocycles. The van der Waals surface area contributed by atoms with Gasteiger partial charge < -0.3 is 5.32 Å². The number of nitrogens with one attached hydrogen (secondary N) is 2. The summed E-state index contributed by atoms with van der Waals surface area (Å²) < 4.78 is 39.6. The molecule has 26 heavy (non-hydrogen) atoms. The maximum atomic E-state index is 12.9. The highest BCUT2D eigenvalue weighted by molar-refractivity contribution is 7.92. The minimum atomic E-state index is -3.86. The molecule has 0 spiro atoms. The van der Waals surface area contributed by atoms with Crippen LogP contribution in [0.1, 0.15) is 5.56 Å². The molecule has 2 N–H and O–H groups in total. The average Bonchev–Trinajstić information content (AvgIpc) is 2.62. The van der Waals surface area contributed by atoms with Crippen molar-refractivity contribution in [2.45, 2.75) is 11.4 Å². The number of sulfonamides is 1. The third kappa shape index (κ3) is 4.47. The van der Waals surface area contributed by atoms with Gasteiger partial charge in [-0.3, -0.25) is 4.72 Å². The number of hydrogen-bond donors (Lipinski definition) is 2. The highest BCUT2D eigenvalue weighted by Gasteiger charge is 2.15. The molecule has 0 saturated carbocycles. The van der Waals surface area contributed by atoms with Gasteiger partial charge in [0.1, 0.15) is 11.6 Å². The molecule has 2 aromatic carbocycles. The summed E-state index contributed by atoms with van der Waals surface area (Å²) in [6.45, 7) is 0.453. The van der Waals surface area contributed by atoms with E-state index in [2.05, 4.69) is 20.2 Å². The predicted molar refractivity (Wildman–Crippen MR) is 98.0 cm³/mol. The first kappa shape index (κ1) is 18.1. The number of anilines is 2. The van der Waals surface area contributed by atoms with Gasteiger partial charge in [-0.1, -0.05) is 29.8 Å². The highest BCUT2D eigenvalue weighted by atomic mass is 35.5. The second-order valence-corrected chi connectivity index (χ2v) is 7.40. The molecule has 0 aliphatic heterocycles. The minimum absolute atomic E-state index is 0.0534. The Hall–Kier alpha value is -2.71. The Labute approximate surface area is 155 Å². The first-order valence-corrected chi connectivity index (χ1v) is 9.39. The van der Waals surface area contributed by atoms with Crippen LogP contribution < -0.4 is 10.0 Å². The van der Waals surface area contributed by atoms with Crippen molar-refractivity contribution in [2.75, 3.05) is 10.0 Å². The fourth-order valence-electron chi connectivity index (χ4n) is 2.12. The first-order valence-electron chi connectivity index (χ1n) is 7.53. The van der Waals surface area contributed by atoms with Crippen molar-refractivity contribution in [1.29, 1.82) is 0 Å². The van der Waals surface area contributed by atoms with Gasteiger partial charge in [0.05, 0.1) is 4.90 Å². The maximum Gasteiger partial charge on any atom is 0.263 e. The number of hydrogen-bond acceptors (Lipinski definition) is 5. The van der Waals surface area contributed by atoms with Gasteiger partial charge in [-0.05, 0) is 48.0 Å². The van der Waals surface area contributed by atoms with Crippen LogP contribution in [-0.2, 0) is 16.6 Å². The molecule has 0 aliphatic carbocycles. The SMILES string of the molecule is O=S(=O)(Nc1ccc(NCc2ccccc2Cl)nn1)c1ccc(F)cc1. The van der Waals surface area contributed by atoms with Gasteiger partial charge in [0.25, 0.3) is 10.0 Å². The van der Waals surface area contributed by atoms with E-state index in [1.54, 1.807) is 12.1 Å². The second-order valence-electron chi connectivity index (χ2n) is 5.31. The molecule has 3 aromatic rings. The number of nitrogens with zero attached hydrogens (tertiary/aromatic N) is 2. The smallest absolute Gasteiger partial charge is 0.263 e. The summed E-state index contributed by atoms with van der Waals surface area (Å²) in [5.41, 5.74) is 0.900. The Morgan fingerprint density at radius 1 is 0.923 bits per heavy atom. The monoisotopic (exact) mass is 392 g/mol. The van der Waals surface area contributed by atoms with Crippen molar-refractivity contribution >= 4 is 33.3 Å². The molecular formula is C17H14ClFN4O2S. The van der Waals surface area contributed by atoms with Crippen LogP contribution in [0.2, 0.25) is 5.02 Å². The topological polar surface area (TPSA) is 84.0 Å². The fourth-order valence-corrected chi connectivity index (χ4v) is 3.32. The van der Waals surface area contributed by atoms with Gasteiger partial charge in [0, 0.05) is 11.6 Å². The Morgan fingerprint density at radius 3 is 2.23 bits per heavy atom. The molecule has 0 radical (unpaired) electrons. The van der Waals surface area contributed by atoms with Crippen molar-refractivity contribution in [3.05, 3.63) is 77.1 Å². The van der Waals surface area contributed by atoms with E-state index in [-0.39, 0.29) is 10.7 Å². The number of rotatable bonds is 6. The van der Waals surface area contributed by atoms with Crippen molar-refractivity contribution in [3.8, 4) is 0 Å². The van der Waals surface area contributed by atoms with Gasteiger partial charge in [-0.15, -0.1) is 10.2 Å². The zero-order valence-electron chi connectivity index (χ0n) is 13.4. The van der Waals surface area contributed by atoms with Crippen LogP contribution in [0.15, 0.2) is 65.6 Å². The summed E-state index contributed by atoms with van der Waals surface area (Å²) in [6, 6.07) is 14.9. The lowest BCUT2D eigenvalue weighted by Crippen LogP contribution is -2.14. The molecule has 0 atom stereocenters. The molecule has 134 valence electrons. The van der Waals surface area contributed by atoms with E-state index in [4.69, 9.17) is 11.6 Å². The van der Waals surface area contributed by atoms with Crippen LogP contribution in [-0.4, -0.2) is 18.6 Å². The van der Waals surface area contributed by atoms with Crippen LogP contribution in [0.3, 0.4) is 0 Å². The van der Waals surface area contributed by atoms with Crippen LogP contribution in [0.5, 0.6) is 0 Å². The number of aromatic nitrogens is 2. The molecule has 0 aliphatic rings. The predicted octanol–water partition coefficient (Wildman–Crippen LogP) is 3.68. The van der Waals surface area contributed by atoms with Gasteiger partial charge in [-0.2, -0.15) is 0 Å². The van der Waals surface area contributed by atoms with Gasteiger partial charge in [-0.25, -0.2) is 12.8 Å². The molecule has 0 saturated heterocycles.